The molecule has 2 N–H and O–H groups in total. The first kappa shape index (κ1) is 61.7. The maximum Gasteiger partial charge on any atom is 0.427 e. The molecule has 0 spiro atoms. The number of fused-ring (bicyclic) bond motifs is 2. The zero-order valence-electron chi connectivity index (χ0n) is 40.7. The summed E-state index contributed by atoms with van der Waals surface area (Å²) in [4.78, 5) is 77.5. The van der Waals surface area contributed by atoms with Gasteiger partial charge in [0.05, 0.1) is 25.4 Å². The number of halogens is 6. The summed E-state index contributed by atoms with van der Waals surface area (Å²) in [7, 11) is 0. The molecule has 28 heteroatoms. The summed E-state index contributed by atoms with van der Waals surface area (Å²) >= 11 is 24.7. The molecule has 0 aromatic carbocycles. The second-order valence-corrected chi connectivity index (χ2v) is 22.0. The third-order valence-electron chi connectivity index (χ3n) is 9.70. The first-order valence-corrected chi connectivity index (χ1v) is 23.1. The van der Waals surface area contributed by atoms with Gasteiger partial charge in [0.25, 0.3) is 5.13 Å². The topological polar surface area (TPSA) is 258 Å². The summed E-state index contributed by atoms with van der Waals surface area (Å²) in [5.74, 6) is -1.62. The molecule has 2 saturated heterocycles. The predicted octanol–water partition coefficient (Wildman–Crippen LogP) is 10.6. The van der Waals surface area contributed by atoms with E-state index in [1.807, 2.05) is 6.92 Å². The van der Waals surface area contributed by atoms with E-state index < -0.39 is 112 Å². The number of aliphatic hydroxyl groups is 2. The molecule has 22 nitrogen and oxygen atoms in total. The van der Waals surface area contributed by atoms with Gasteiger partial charge in [0, 0.05) is 5.92 Å². The fraction of sp³-hybridized carbons (Fsp3) is 0.682. The van der Waals surface area contributed by atoms with Gasteiger partial charge >= 0.3 is 24.4 Å². The molecule has 2 aliphatic heterocycles. The normalized spacial score (nSPS) is 24.4. The molecule has 0 saturated carbocycles. The van der Waals surface area contributed by atoms with E-state index in [2.05, 4.69) is 29.9 Å². The highest BCUT2D eigenvalue weighted by molar-refractivity contribution is 6.34. The minimum Gasteiger partial charge on any atom is -0.443 e. The van der Waals surface area contributed by atoms with Crippen LogP contribution in [0.4, 0.5) is 39.9 Å². The number of ether oxygens (including phenoxy) is 6. The van der Waals surface area contributed by atoms with Gasteiger partial charge in [0.1, 0.15) is 45.6 Å². The van der Waals surface area contributed by atoms with Crippen LogP contribution in [0.5, 0.6) is 0 Å². The molecule has 4 aromatic rings. The summed E-state index contributed by atoms with van der Waals surface area (Å²) in [6, 6.07) is 0. The van der Waals surface area contributed by atoms with Gasteiger partial charge < -0.3 is 38.6 Å². The van der Waals surface area contributed by atoms with E-state index in [1.54, 1.807) is 90.0 Å². The largest absolute Gasteiger partial charge is 0.443 e. The number of imide groups is 2. The van der Waals surface area contributed by atoms with Crippen molar-refractivity contribution in [1.29, 1.82) is 0 Å². The monoisotopic (exact) mass is 1100 g/mol. The lowest BCUT2D eigenvalue weighted by atomic mass is 9.99. The molecule has 6 heterocycles. The number of anilines is 2. The van der Waals surface area contributed by atoms with Gasteiger partial charge in [0.15, 0.2) is 34.1 Å². The maximum atomic E-state index is 15.5. The quantitative estimate of drug-likeness (QED) is 0.103. The number of aliphatic hydroxyl groups excluding tert-OH is 2. The number of nitrogens with zero attached hydrogens (tertiary/aromatic N) is 10. The number of amides is 4. The van der Waals surface area contributed by atoms with E-state index in [4.69, 9.17) is 74.8 Å². The molecule has 2 unspecified atom stereocenters. The van der Waals surface area contributed by atoms with Crippen LogP contribution in [0.2, 0.25) is 10.3 Å². The first-order valence-electron chi connectivity index (χ1n) is 21.6. The molecule has 8 atom stereocenters. The first-order chi connectivity index (χ1) is 31.9. The summed E-state index contributed by atoms with van der Waals surface area (Å²) in [6.07, 6.45) is -8.24. The van der Waals surface area contributed by atoms with Gasteiger partial charge in [-0.15, -0.1) is 9.80 Å². The second-order valence-electron chi connectivity index (χ2n) is 20.1. The van der Waals surface area contributed by atoms with Crippen LogP contribution in [0.15, 0.2) is 12.7 Å². The number of aromatic nitrogens is 8. The van der Waals surface area contributed by atoms with Crippen LogP contribution in [0.25, 0.3) is 22.3 Å². The van der Waals surface area contributed by atoms with Gasteiger partial charge in [-0.3, -0.25) is 9.13 Å². The second kappa shape index (κ2) is 22.1. The van der Waals surface area contributed by atoms with Crippen LogP contribution >= 0.6 is 46.4 Å². The van der Waals surface area contributed by atoms with E-state index in [0.717, 1.165) is 10.9 Å². The fourth-order valence-corrected chi connectivity index (χ4v) is 7.67. The van der Waals surface area contributed by atoms with E-state index in [1.165, 1.54) is 10.9 Å². The molecule has 6 rings (SSSR count). The standard InChI is InChI=1S/C22H30Cl2FN5O5.C20H26Cl2FN5O7.2CH4/c1-9-12-11(2)22(24,25)16(33-12)29-10-26-13-14(23)27-17(28-15(13)29)30(18(31)34-20(3,4)5)19(32)35-21(6,7)8;1-18(2,3)34-16(31)28(17(32)35-19(4,5)6)15-25-12(21)10-13(26-15)27(8-24-10)14-20(22,23)11(30)9(7-29)33-14;;/h10-12,16H,9H2,1-8H3;8-9,11,14,29-30H,7H2,1-6H3;2*1H4/t11-,12+,16+,22?;9-,11+,14-,20?;;/m01../s1. The highest BCUT2D eigenvalue weighted by Gasteiger charge is 2.58. The Labute approximate surface area is 435 Å². The van der Waals surface area contributed by atoms with Crippen molar-refractivity contribution >= 4 is 105 Å². The van der Waals surface area contributed by atoms with Crippen LogP contribution in [0.1, 0.15) is 131 Å². The van der Waals surface area contributed by atoms with Gasteiger partial charge in [-0.2, -0.15) is 19.9 Å². The Morgan fingerprint density at radius 3 is 1.25 bits per heavy atom. The third-order valence-corrected chi connectivity index (χ3v) is 11.2. The average molecular weight is 1100 g/mol. The SMILES string of the molecule is C.C.CC(C)(C)OC(=O)N(C(=O)OC(C)(C)C)c1nc(Cl)c2ncn([C@@H]3O[C@H](CO)[C@H](O)C3(F)Cl)c2n1.CC[C@H]1O[C@@H](n2cnc3c(Cl)nc(N(C(=O)OC(C)(C)C)C(=O)OC(C)(C)C)nc32)C(F)(Cl)[C@H]1C. The molecule has 0 radical (unpaired) electrons. The van der Waals surface area contributed by atoms with Crippen molar-refractivity contribution in [2.75, 3.05) is 16.4 Å². The summed E-state index contributed by atoms with van der Waals surface area (Å²) in [5.41, 5.74) is -3.98. The molecular weight excluding hydrogens is 1040 g/mol. The van der Waals surface area contributed by atoms with Crippen molar-refractivity contribution in [3.05, 3.63) is 23.0 Å². The van der Waals surface area contributed by atoms with Crippen molar-refractivity contribution in [2.24, 2.45) is 5.92 Å². The predicted molar refractivity (Wildman–Crippen MR) is 264 cm³/mol. The Balaban J connectivity index is 0.000000370. The fourth-order valence-electron chi connectivity index (χ4n) is 6.66. The van der Waals surface area contributed by atoms with Crippen LogP contribution in [-0.2, 0) is 28.4 Å². The number of carbonyl (C=O) groups is 4. The highest BCUT2D eigenvalue weighted by Crippen LogP contribution is 2.50. The number of imidazole rings is 2. The van der Waals surface area contributed by atoms with Crippen LogP contribution in [-0.4, -0.2) is 131 Å². The average Bonchev–Trinajstić information content (AvgIpc) is 3.91. The van der Waals surface area contributed by atoms with Crippen molar-refractivity contribution in [3.8, 4) is 0 Å². The third kappa shape index (κ3) is 13.6. The lowest BCUT2D eigenvalue weighted by molar-refractivity contribution is -0.0482. The van der Waals surface area contributed by atoms with Gasteiger partial charge in [-0.05, 0) is 89.5 Å². The lowest BCUT2D eigenvalue weighted by Crippen LogP contribution is -2.44. The van der Waals surface area contributed by atoms with Crippen LogP contribution in [0.3, 0.4) is 0 Å². The Morgan fingerprint density at radius 2 is 0.972 bits per heavy atom. The lowest BCUT2D eigenvalue weighted by Gasteiger charge is -2.27. The summed E-state index contributed by atoms with van der Waals surface area (Å²) < 4.78 is 65.6. The molecule has 4 aromatic heterocycles. The van der Waals surface area contributed by atoms with Gasteiger partial charge in [-0.1, -0.05) is 75.1 Å². The summed E-state index contributed by atoms with van der Waals surface area (Å²) in [5, 5.41) is 13.8. The molecule has 2 aliphatic rings. The van der Waals surface area contributed by atoms with Crippen molar-refractivity contribution in [1.82, 2.24) is 39.0 Å². The molecule has 0 bridgehead atoms. The number of hydrogen-bond acceptors (Lipinski definition) is 18. The molecule has 2 fully saturated rings. The summed E-state index contributed by atoms with van der Waals surface area (Å²) in [6.45, 7) is 22.1. The number of rotatable bonds is 6. The Kier molecular flexibility index (Phi) is 19.0. The smallest absolute Gasteiger partial charge is 0.427 e. The van der Waals surface area contributed by atoms with E-state index >= 15 is 8.78 Å². The van der Waals surface area contributed by atoms with E-state index in [9.17, 15) is 29.4 Å². The van der Waals surface area contributed by atoms with Gasteiger partial charge in [-0.25, -0.2) is 37.9 Å². The van der Waals surface area contributed by atoms with Crippen LogP contribution in [0, 0.1) is 5.92 Å². The number of hydrogen-bond donors (Lipinski definition) is 2. The van der Waals surface area contributed by atoms with Crippen LogP contribution < -0.4 is 9.80 Å². The Hall–Kier alpha value is -4.56. The van der Waals surface area contributed by atoms with Gasteiger partial charge in [0.2, 0.25) is 17.0 Å². The molecule has 4 amide bonds. The Bertz CT molecular complexity index is 2380. The van der Waals surface area contributed by atoms with Crippen molar-refractivity contribution in [3.63, 3.8) is 0 Å². The zero-order chi connectivity index (χ0) is 53.0. The zero-order valence-corrected chi connectivity index (χ0v) is 43.8. The van der Waals surface area contributed by atoms with Crippen molar-refractivity contribution < 1.29 is 66.6 Å². The molecule has 404 valence electrons. The minimum atomic E-state index is -2.88. The maximum absolute atomic E-state index is 15.5. The van der Waals surface area contributed by atoms with E-state index in [0.29, 0.717) is 16.2 Å². The molecular formula is C44H64Cl4F2N10O12. The van der Waals surface area contributed by atoms with E-state index in [-0.39, 0.29) is 47.5 Å². The number of alkyl halides is 4. The minimum absolute atomic E-state index is 0. The molecule has 0 aliphatic carbocycles. The Morgan fingerprint density at radius 1 is 0.653 bits per heavy atom. The number of carbonyl (C=O) groups excluding carboxylic acids is 4. The molecule has 72 heavy (non-hydrogen) atoms. The highest BCUT2D eigenvalue weighted by atomic mass is 35.5. The van der Waals surface area contributed by atoms with Crippen molar-refractivity contribution in [2.45, 2.75) is 182 Å².